The van der Waals surface area contributed by atoms with Crippen molar-refractivity contribution in [1.82, 2.24) is 15.0 Å². The molecule has 0 fully saturated rings. The fourth-order valence-electron chi connectivity index (χ4n) is 0.427. The predicted octanol–water partition coefficient (Wildman–Crippen LogP) is -2.59. The van der Waals surface area contributed by atoms with Gasteiger partial charge in [0.15, 0.2) is 0 Å². The molecule has 0 amide bonds. The van der Waals surface area contributed by atoms with Crippen LogP contribution in [0.2, 0.25) is 0 Å². The first-order chi connectivity index (χ1) is 4.18. The van der Waals surface area contributed by atoms with Gasteiger partial charge in [-0.25, -0.2) is 0 Å². The zero-order chi connectivity index (χ0) is 6.85. The van der Waals surface area contributed by atoms with Gasteiger partial charge in [0, 0.05) is 23.9 Å². The molecule has 1 rings (SSSR count). The van der Waals surface area contributed by atoms with Gasteiger partial charge in [-0.05, 0) is 0 Å². The summed E-state index contributed by atoms with van der Waals surface area (Å²) >= 11 is 0. The molecule has 1 aromatic heterocycles. The maximum Gasteiger partial charge on any atom is 0.226 e. The van der Waals surface area contributed by atoms with Gasteiger partial charge in [0.05, 0.1) is 0 Å². The fraction of sp³-hybridized carbons (Fsp3) is 0. The van der Waals surface area contributed by atoms with Crippen molar-refractivity contribution in [3.8, 4) is 0 Å². The molecule has 8 N–H and O–H groups in total. The van der Waals surface area contributed by atoms with E-state index >= 15 is 0 Å². The number of nitrogen functional groups attached to an aromatic ring is 3. The maximum absolute atomic E-state index is 5.14. The normalized spacial score (nSPS) is 7.64. The molecule has 8 heteroatoms. The van der Waals surface area contributed by atoms with E-state index in [1.807, 2.05) is 0 Å². The molecule has 7 nitrogen and oxygen atoms in total. The molecular weight excluding hydrogens is 255 g/mol. The standard InChI is InChI=1S/C3H6N6.H2O.Sn/c4-1-7-2(5)9-3(6)8-1;;/h(H6,4,5,6,7,8,9);1H2;. The van der Waals surface area contributed by atoms with Gasteiger partial charge in [-0.3, -0.25) is 0 Å². The third-order valence-electron chi connectivity index (χ3n) is 0.687. The minimum Gasteiger partial charge on any atom is -0.412 e. The molecule has 0 saturated heterocycles. The first-order valence-corrected chi connectivity index (χ1v) is 2.21. The molecule has 11 heavy (non-hydrogen) atoms. The molecule has 0 aliphatic heterocycles. The molecule has 1 aromatic rings. The summed E-state index contributed by atoms with van der Waals surface area (Å²) in [6.45, 7) is 0. The van der Waals surface area contributed by atoms with Crippen LogP contribution < -0.4 is 17.2 Å². The largest absolute Gasteiger partial charge is 0.412 e. The van der Waals surface area contributed by atoms with E-state index < -0.39 is 0 Å². The van der Waals surface area contributed by atoms with Crippen molar-refractivity contribution < 1.29 is 5.48 Å². The van der Waals surface area contributed by atoms with Crippen LogP contribution in [0.4, 0.5) is 17.8 Å². The SMILES string of the molecule is Nc1nc(N)nc(N)n1.O.[Sn]. The van der Waals surface area contributed by atoms with Crippen LogP contribution in [-0.4, -0.2) is 44.3 Å². The number of nitrogens with two attached hydrogens (primary N) is 3. The van der Waals surface area contributed by atoms with Crippen LogP contribution in [-0.2, 0) is 0 Å². The first-order valence-electron chi connectivity index (χ1n) is 2.21. The third-order valence-corrected chi connectivity index (χ3v) is 0.687. The second kappa shape index (κ2) is 4.90. The molecule has 0 bridgehead atoms. The van der Waals surface area contributed by atoms with Gasteiger partial charge in [0.25, 0.3) is 0 Å². The van der Waals surface area contributed by atoms with Gasteiger partial charge in [-0.15, -0.1) is 0 Å². The smallest absolute Gasteiger partial charge is 0.226 e. The minimum absolute atomic E-state index is 0. The second-order valence-electron chi connectivity index (χ2n) is 1.41. The summed E-state index contributed by atoms with van der Waals surface area (Å²) in [6, 6.07) is 0. The van der Waals surface area contributed by atoms with Crippen LogP contribution in [0.5, 0.6) is 0 Å². The molecule has 0 saturated carbocycles. The van der Waals surface area contributed by atoms with Gasteiger partial charge in [0.2, 0.25) is 17.8 Å². The van der Waals surface area contributed by atoms with Crippen molar-refractivity contribution in [1.29, 1.82) is 0 Å². The van der Waals surface area contributed by atoms with Crippen LogP contribution in [0.1, 0.15) is 0 Å². The Balaban J connectivity index is 0. The number of aromatic nitrogens is 3. The van der Waals surface area contributed by atoms with E-state index in [2.05, 4.69) is 15.0 Å². The Morgan fingerprint density at radius 1 is 0.727 bits per heavy atom. The van der Waals surface area contributed by atoms with Crippen molar-refractivity contribution in [2.45, 2.75) is 0 Å². The van der Waals surface area contributed by atoms with Gasteiger partial charge in [-0.1, -0.05) is 0 Å². The molecular formula is C3H8N6OSn. The summed E-state index contributed by atoms with van der Waals surface area (Å²) in [5.41, 5.74) is 15.4. The van der Waals surface area contributed by atoms with E-state index in [4.69, 9.17) is 17.2 Å². The Morgan fingerprint density at radius 3 is 1.09 bits per heavy atom. The molecule has 0 aliphatic carbocycles. The quantitative estimate of drug-likeness (QED) is 0.437. The fourth-order valence-corrected chi connectivity index (χ4v) is 0.427. The van der Waals surface area contributed by atoms with Crippen molar-refractivity contribution in [2.75, 3.05) is 17.2 Å². The van der Waals surface area contributed by atoms with Crippen LogP contribution in [0, 0.1) is 0 Å². The molecule has 0 aliphatic rings. The molecule has 0 atom stereocenters. The molecule has 0 aromatic carbocycles. The zero-order valence-corrected chi connectivity index (χ0v) is 8.43. The molecule has 0 unspecified atom stereocenters. The minimum atomic E-state index is 0. The number of anilines is 3. The van der Waals surface area contributed by atoms with Crippen LogP contribution in [0.3, 0.4) is 0 Å². The molecule has 60 valence electrons. The average molecular weight is 263 g/mol. The van der Waals surface area contributed by atoms with Crippen molar-refractivity contribution >= 4 is 41.8 Å². The number of rotatable bonds is 0. The van der Waals surface area contributed by atoms with Crippen molar-refractivity contribution in [3.05, 3.63) is 0 Å². The van der Waals surface area contributed by atoms with Gasteiger partial charge in [-0.2, -0.15) is 15.0 Å². The van der Waals surface area contributed by atoms with E-state index in [1.165, 1.54) is 0 Å². The summed E-state index contributed by atoms with van der Waals surface area (Å²) in [5.74, 6) is 0.125. The van der Waals surface area contributed by atoms with E-state index in [0.717, 1.165) is 0 Å². The average Bonchev–Trinajstić information content (AvgIpc) is 1.59. The Kier molecular flexibility index (Phi) is 5.71. The van der Waals surface area contributed by atoms with E-state index in [0.29, 0.717) is 0 Å². The topological polar surface area (TPSA) is 148 Å². The van der Waals surface area contributed by atoms with Gasteiger partial charge >= 0.3 is 0 Å². The van der Waals surface area contributed by atoms with Gasteiger partial charge < -0.3 is 22.7 Å². The Bertz CT molecular complexity index is 179. The van der Waals surface area contributed by atoms with Crippen molar-refractivity contribution in [2.24, 2.45) is 0 Å². The van der Waals surface area contributed by atoms with Gasteiger partial charge in [0.1, 0.15) is 0 Å². The van der Waals surface area contributed by atoms with E-state index in [9.17, 15) is 0 Å². The summed E-state index contributed by atoms with van der Waals surface area (Å²) in [7, 11) is 0. The van der Waals surface area contributed by atoms with E-state index in [-0.39, 0.29) is 47.2 Å². The molecule has 4 radical (unpaired) electrons. The number of hydrogen-bond donors (Lipinski definition) is 3. The number of hydrogen-bond acceptors (Lipinski definition) is 6. The number of nitrogens with zero attached hydrogens (tertiary/aromatic N) is 3. The summed E-state index contributed by atoms with van der Waals surface area (Å²) in [6.07, 6.45) is 0. The monoisotopic (exact) mass is 264 g/mol. The predicted molar refractivity (Wildman–Crippen MR) is 42.4 cm³/mol. The molecule has 0 spiro atoms. The molecule has 1 heterocycles. The zero-order valence-electron chi connectivity index (χ0n) is 5.57. The van der Waals surface area contributed by atoms with Crippen LogP contribution in [0.15, 0.2) is 0 Å². The Labute approximate surface area is 79.7 Å². The Hall–Kier alpha value is -0.831. The summed E-state index contributed by atoms with van der Waals surface area (Å²) in [4.78, 5) is 10.5. The van der Waals surface area contributed by atoms with Crippen molar-refractivity contribution in [3.63, 3.8) is 0 Å². The first kappa shape index (κ1) is 12.8. The van der Waals surface area contributed by atoms with Crippen LogP contribution in [0.25, 0.3) is 0 Å². The van der Waals surface area contributed by atoms with E-state index in [1.54, 1.807) is 0 Å². The maximum atomic E-state index is 5.14. The second-order valence-corrected chi connectivity index (χ2v) is 1.41. The third kappa shape index (κ3) is 3.78. The summed E-state index contributed by atoms with van der Waals surface area (Å²) < 4.78 is 0. The Morgan fingerprint density at radius 2 is 0.909 bits per heavy atom. The summed E-state index contributed by atoms with van der Waals surface area (Å²) in [5, 5.41) is 0. The van der Waals surface area contributed by atoms with Crippen LogP contribution >= 0.6 is 0 Å².